The third-order valence-corrected chi connectivity index (χ3v) is 5.95. The van der Waals surface area contributed by atoms with Gasteiger partial charge in [-0.15, -0.1) is 24.0 Å². The molecule has 2 fully saturated rings. The summed E-state index contributed by atoms with van der Waals surface area (Å²) in [7, 11) is 1.80. The summed E-state index contributed by atoms with van der Waals surface area (Å²) in [5.41, 5.74) is 2.00. The Balaban J connectivity index is 0.00000225. The van der Waals surface area contributed by atoms with Gasteiger partial charge in [0.2, 0.25) is 0 Å². The lowest BCUT2D eigenvalue weighted by atomic mass is 9.55. The van der Waals surface area contributed by atoms with Crippen molar-refractivity contribution in [1.82, 2.24) is 15.6 Å². The highest BCUT2D eigenvalue weighted by Crippen LogP contribution is 2.51. The second kappa shape index (κ2) is 8.82. The molecular weight excluding hydrogens is 467 g/mol. The monoisotopic (exact) mass is 496 g/mol. The van der Waals surface area contributed by atoms with E-state index in [2.05, 4.69) is 34.5 Å². The fraction of sp³-hybridized carbons (Fsp3) is 0.524. The minimum atomic E-state index is 0. The number of fused-ring (bicyclic) bond motifs is 1. The van der Waals surface area contributed by atoms with Gasteiger partial charge in [0, 0.05) is 36.6 Å². The molecule has 0 bridgehead atoms. The number of oxazole rings is 1. The molecule has 4 rings (SSSR count). The van der Waals surface area contributed by atoms with Crippen molar-refractivity contribution >= 4 is 29.9 Å². The SMILES string of the molecule is CN=C(NCc1ncoc1-c1ccccc1)NC1C2CCCOC2C1(C)C.I. The second-order valence-corrected chi connectivity index (χ2v) is 7.96. The maximum atomic E-state index is 6.00. The summed E-state index contributed by atoms with van der Waals surface area (Å²) in [5, 5.41) is 7.00. The van der Waals surface area contributed by atoms with Crippen molar-refractivity contribution in [3.05, 3.63) is 42.4 Å². The molecule has 1 saturated heterocycles. The van der Waals surface area contributed by atoms with E-state index in [0.717, 1.165) is 36.0 Å². The summed E-state index contributed by atoms with van der Waals surface area (Å²) in [6.45, 7) is 5.99. The Morgan fingerprint density at radius 3 is 2.82 bits per heavy atom. The fourth-order valence-corrected chi connectivity index (χ4v) is 4.54. The highest BCUT2D eigenvalue weighted by molar-refractivity contribution is 14.0. The van der Waals surface area contributed by atoms with Crippen LogP contribution in [0.3, 0.4) is 0 Å². The van der Waals surface area contributed by atoms with Crippen molar-refractivity contribution in [2.45, 2.75) is 45.4 Å². The number of guanidine groups is 1. The highest BCUT2D eigenvalue weighted by Gasteiger charge is 2.58. The van der Waals surface area contributed by atoms with E-state index in [0.29, 0.717) is 24.6 Å². The fourth-order valence-electron chi connectivity index (χ4n) is 4.54. The lowest BCUT2D eigenvalue weighted by Gasteiger charge is -2.60. The van der Waals surface area contributed by atoms with Crippen molar-refractivity contribution in [1.29, 1.82) is 0 Å². The van der Waals surface area contributed by atoms with Crippen molar-refractivity contribution in [2.75, 3.05) is 13.7 Å². The van der Waals surface area contributed by atoms with Gasteiger partial charge >= 0.3 is 0 Å². The minimum absolute atomic E-state index is 0. The van der Waals surface area contributed by atoms with E-state index in [1.807, 2.05) is 30.3 Å². The molecule has 7 heteroatoms. The smallest absolute Gasteiger partial charge is 0.191 e. The summed E-state index contributed by atoms with van der Waals surface area (Å²) >= 11 is 0. The molecule has 2 aliphatic rings. The zero-order valence-electron chi connectivity index (χ0n) is 16.6. The van der Waals surface area contributed by atoms with E-state index in [4.69, 9.17) is 9.15 Å². The van der Waals surface area contributed by atoms with Crippen LogP contribution in [0, 0.1) is 11.3 Å². The molecule has 2 heterocycles. The molecular formula is C21H29IN4O2. The van der Waals surface area contributed by atoms with Crippen LogP contribution in [0.5, 0.6) is 0 Å². The average Bonchev–Trinajstić information content (AvgIpc) is 3.17. The van der Waals surface area contributed by atoms with Gasteiger partial charge in [0.05, 0.1) is 12.6 Å². The third kappa shape index (κ3) is 3.91. The van der Waals surface area contributed by atoms with Crippen LogP contribution in [0.15, 0.2) is 46.1 Å². The lowest BCUT2D eigenvalue weighted by molar-refractivity contribution is -0.188. The Morgan fingerprint density at radius 2 is 2.07 bits per heavy atom. The lowest BCUT2D eigenvalue weighted by Crippen LogP contribution is -2.71. The van der Waals surface area contributed by atoms with Gasteiger partial charge in [-0.05, 0) is 12.8 Å². The molecule has 2 aromatic rings. The average molecular weight is 496 g/mol. The van der Waals surface area contributed by atoms with Gasteiger partial charge in [0.25, 0.3) is 0 Å². The number of nitrogens with zero attached hydrogens (tertiary/aromatic N) is 2. The summed E-state index contributed by atoms with van der Waals surface area (Å²) in [5.74, 6) is 2.14. The molecule has 3 unspecified atom stereocenters. The zero-order valence-corrected chi connectivity index (χ0v) is 19.0. The number of aliphatic imine (C=N–C) groups is 1. The standard InChI is InChI=1S/C21H28N4O2.HI/c1-21(2)18(15-10-7-11-26-19(15)21)25-20(22-3)23-12-16-17(27-13-24-16)14-8-5-4-6-9-14;/h4-6,8-9,13,15,18-19H,7,10-12H2,1-3H3,(H2,22,23,25);1H. The number of benzene rings is 1. The molecule has 152 valence electrons. The molecule has 0 amide bonds. The normalized spacial score (nSPS) is 25.8. The number of nitrogens with one attached hydrogen (secondary N) is 2. The Bertz CT molecular complexity index is 806. The molecule has 2 N–H and O–H groups in total. The van der Waals surface area contributed by atoms with Crippen molar-refractivity contribution in [2.24, 2.45) is 16.3 Å². The van der Waals surface area contributed by atoms with Crippen molar-refractivity contribution in [3.8, 4) is 11.3 Å². The van der Waals surface area contributed by atoms with Crippen LogP contribution in [-0.2, 0) is 11.3 Å². The molecule has 6 nitrogen and oxygen atoms in total. The molecule has 3 atom stereocenters. The van der Waals surface area contributed by atoms with Crippen LogP contribution >= 0.6 is 24.0 Å². The van der Waals surface area contributed by atoms with E-state index in [1.54, 1.807) is 7.05 Å². The van der Waals surface area contributed by atoms with E-state index < -0.39 is 0 Å². The first kappa shape index (κ1) is 21.1. The number of hydrogen-bond acceptors (Lipinski definition) is 4. The molecule has 1 aromatic heterocycles. The van der Waals surface area contributed by atoms with E-state index >= 15 is 0 Å². The first-order valence-corrected chi connectivity index (χ1v) is 9.68. The van der Waals surface area contributed by atoms with E-state index in [-0.39, 0.29) is 29.4 Å². The van der Waals surface area contributed by atoms with Gasteiger partial charge in [0.1, 0.15) is 5.69 Å². The number of ether oxygens (including phenoxy) is 1. The molecule has 1 aliphatic carbocycles. The van der Waals surface area contributed by atoms with Gasteiger partial charge in [-0.25, -0.2) is 4.98 Å². The first-order valence-electron chi connectivity index (χ1n) is 9.68. The van der Waals surface area contributed by atoms with Gasteiger partial charge in [-0.2, -0.15) is 0 Å². The number of halogens is 1. The van der Waals surface area contributed by atoms with Crippen LogP contribution in [0.2, 0.25) is 0 Å². The van der Waals surface area contributed by atoms with Gasteiger partial charge in [-0.3, -0.25) is 4.99 Å². The van der Waals surface area contributed by atoms with Crippen LogP contribution in [0.25, 0.3) is 11.3 Å². The third-order valence-electron chi connectivity index (χ3n) is 5.95. The Hall–Kier alpha value is -1.61. The minimum Gasteiger partial charge on any atom is -0.443 e. The number of rotatable bonds is 4. The molecule has 1 saturated carbocycles. The van der Waals surface area contributed by atoms with Crippen LogP contribution in [0.1, 0.15) is 32.4 Å². The van der Waals surface area contributed by atoms with Crippen molar-refractivity contribution in [3.63, 3.8) is 0 Å². The first-order chi connectivity index (χ1) is 13.1. The summed E-state index contributed by atoms with van der Waals surface area (Å²) < 4.78 is 11.6. The maximum absolute atomic E-state index is 6.00. The Labute approximate surface area is 183 Å². The predicted octanol–water partition coefficient (Wildman–Crippen LogP) is 3.83. The van der Waals surface area contributed by atoms with Crippen LogP contribution in [0.4, 0.5) is 0 Å². The van der Waals surface area contributed by atoms with E-state index in [1.165, 1.54) is 12.8 Å². The summed E-state index contributed by atoms with van der Waals surface area (Å²) in [6, 6.07) is 10.4. The number of hydrogen-bond donors (Lipinski definition) is 2. The Morgan fingerprint density at radius 1 is 1.29 bits per heavy atom. The molecule has 1 aliphatic heterocycles. The topological polar surface area (TPSA) is 71.7 Å². The van der Waals surface area contributed by atoms with Crippen LogP contribution < -0.4 is 10.6 Å². The highest BCUT2D eigenvalue weighted by atomic mass is 127. The van der Waals surface area contributed by atoms with Crippen LogP contribution in [-0.4, -0.2) is 36.7 Å². The second-order valence-electron chi connectivity index (χ2n) is 7.96. The predicted molar refractivity (Wildman–Crippen MR) is 121 cm³/mol. The zero-order chi connectivity index (χ0) is 18.9. The van der Waals surface area contributed by atoms with Gasteiger partial charge in [0.15, 0.2) is 18.1 Å². The maximum Gasteiger partial charge on any atom is 0.191 e. The molecule has 1 aromatic carbocycles. The van der Waals surface area contributed by atoms with Gasteiger partial charge in [-0.1, -0.05) is 44.2 Å². The van der Waals surface area contributed by atoms with Crippen molar-refractivity contribution < 1.29 is 9.15 Å². The summed E-state index contributed by atoms with van der Waals surface area (Å²) in [4.78, 5) is 8.78. The quantitative estimate of drug-likeness (QED) is 0.383. The molecule has 0 spiro atoms. The van der Waals surface area contributed by atoms with Gasteiger partial charge < -0.3 is 19.8 Å². The largest absolute Gasteiger partial charge is 0.443 e. The Kier molecular flexibility index (Phi) is 6.65. The molecule has 28 heavy (non-hydrogen) atoms. The number of aromatic nitrogens is 1. The van der Waals surface area contributed by atoms with E-state index in [9.17, 15) is 0 Å². The molecule has 0 radical (unpaired) electrons. The summed E-state index contributed by atoms with van der Waals surface area (Å²) in [6.07, 6.45) is 4.20.